The number of aliphatic hydroxyl groups excluding tert-OH is 2. The van der Waals surface area contributed by atoms with E-state index in [0.717, 1.165) is 23.7 Å². The molecule has 0 amide bonds. The minimum Gasteiger partial charge on any atom is -0.393 e. The van der Waals surface area contributed by atoms with Gasteiger partial charge in [0.2, 0.25) is 0 Å². The number of hydrogen-bond acceptors (Lipinski definition) is 2. The molecule has 0 saturated heterocycles. The fraction of sp³-hybridized carbons (Fsp3) is 1.00. The molecular formula is C20H34O2. The molecule has 8 rings (SSSR count). The van der Waals surface area contributed by atoms with E-state index >= 15 is 0 Å². The van der Waals surface area contributed by atoms with Gasteiger partial charge in [-0.1, -0.05) is 0 Å². The summed E-state index contributed by atoms with van der Waals surface area (Å²) in [6.07, 6.45) is 13.9. The molecular weight excluding hydrogens is 272 g/mol. The van der Waals surface area contributed by atoms with E-state index < -0.39 is 0 Å². The van der Waals surface area contributed by atoms with Gasteiger partial charge in [-0.3, -0.25) is 0 Å². The van der Waals surface area contributed by atoms with E-state index in [-0.39, 0.29) is 13.6 Å². The summed E-state index contributed by atoms with van der Waals surface area (Å²) in [4.78, 5) is 0. The van der Waals surface area contributed by atoms with Gasteiger partial charge in [0.1, 0.15) is 0 Å². The standard InChI is InChI=1S/2C10H16O.H2/c2*11-10-8-2-6-1-7(4-8)5-9(10)3-6;/h2*6-11H,1-5H2;1H. The lowest BCUT2D eigenvalue weighted by atomic mass is 9.55. The smallest absolute Gasteiger partial charge is 0.0596 e. The average Bonchev–Trinajstić information content (AvgIpc) is 2.49. The largest absolute Gasteiger partial charge is 0.393 e. The van der Waals surface area contributed by atoms with Gasteiger partial charge >= 0.3 is 0 Å². The summed E-state index contributed by atoms with van der Waals surface area (Å²) in [5, 5.41) is 19.7. The Hall–Kier alpha value is -0.0800. The van der Waals surface area contributed by atoms with Gasteiger partial charge < -0.3 is 10.2 Å². The van der Waals surface area contributed by atoms with E-state index in [1.807, 2.05) is 0 Å². The van der Waals surface area contributed by atoms with Crippen LogP contribution in [0.4, 0.5) is 0 Å². The minimum atomic E-state index is 0. The van der Waals surface area contributed by atoms with Gasteiger partial charge in [0.15, 0.2) is 0 Å². The van der Waals surface area contributed by atoms with E-state index in [1.54, 1.807) is 0 Å². The zero-order valence-corrected chi connectivity index (χ0v) is 13.7. The maximum Gasteiger partial charge on any atom is 0.0596 e. The molecule has 8 saturated carbocycles. The van der Waals surface area contributed by atoms with E-state index in [2.05, 4.69) is 0 Å². The van der Waals surface area contributed by atoms with Gasteiger partial charge in [-0.2, -0.15) is 0 Å². The average molecular weight is 306 g/mol. The highest BCUT2D eigenvalue weighted by Gasteiger charge is 2.48. The van der Waals surface area contributed by atoms with Crippen molar-refractivity contribution in [1.82, 2.24) is 0 Å². The maximum absolute atomic E-state index is 9.83. The molecule has 8 bridgehead atoms. The van der Waals surface area contributed by atoms with Crippen molar-refractivity contribution in [3.8, 4) is 0 Å². The van der Waals surface area contributed by atoms with Crippen LogP contribution in [0.25, 0.3) is 0 Å². The van der Waals surface area contributed by atoms with Crippen molar-refractivity contribution in [3.63, 3.8) is 0 Å². The molecule has 8 aliphatic carbocycles. The summed E-state index contributed by atoms with van der Waals surface area (Å²) in [6, 6.07) is 0. The molecule has 126 valence electrons. The van der Waals surface area contributed by atoms with Crippen molar-refractivity contribution >= 4 is 0 Å². The van der Waals surface area contributed by atoms with Crippen LogP contribution in [-0.4, -0.2) is 22.4 Å². The fourth-order valence-corrected chi connectivity index (χ4v) is 7.79. The first-order valence-corrected chi connectivity index (χ1v) is 10.0. The van der Waals surface area contributed by atoms with Gasteiger partial charge in [0.05, 0.1) is 12.2 Å². The lowest BCUT2D eigenvalue weighted by molar-refractivity contribution is -0.0919. The third-order valence-corrected chi connectivity index (χ3v) is 8.35. The van der Waals surface area contributed by atoms with Crippen molar-refractivity contribution in [1.29, 1.82) is 0 Å². The van der Waals surface area contributed by atoms with Gasteiger partial charge in [-0.05, 0) is 112 Å². The Morgan fingerprint density at radius 2 is 0.636 bits per heavy atom. The Labute approximate surface area is 136 Å². The molecule has 0 spiro atoms. The quantitative estimate of drug-likeness (QED) is 0.713. The van der Waals surface area contributed by atoms with Crippen molar-refractivity contribution < 1.29 is 11.6 Å². The predicted molar refractivity (Wildman–Crippen MR) is 88.2 cm³/mol. The second-order valence-electron chi connectivity index (χ2n) is 9.84. The zero-order chi connectivity index (χ0) is 14.8. The first-order valence-electron chi connectivity index (χ1n) is 10.0. The number of rotatable bonds is 0. The number of hydrogen-bond donors (Lipinski definition) is 2. The van der Waals surface area contributed by atoms with Gasteiger partial charge in [0.25, 0.3) is 0 Å². The summed E-state index contributed by atoms with van der Waals surface area (Å²) in [6.45, 7) is 0. The van der Waals surface area contributed by atoms with Crippen LogP contribution < -0.4 is 0 Å². The van der Waals surface area contributed by atoms with E-state index in [9.17, 15) is 10.2 Å². The highest BCUT2D eigenvalue weighted by atomic mass is 16.3. The molecule has 0 heterocycles. The monoisotopic (exact) mass is 306 g/mol. The van der Waals surface area contributed by atoms with Crippen LogP contribution in [0.5, 0.6) is 0 Å². The van der Waals surface area contributed by atoms with Crippen molar-refractivity contribution in [2.24, 2.45) is 47.3 Å². The first kappa shape index (κ1) is 14.3. The van der Waals surface area contributed by atoms with Crippen LogP contribution in [0.2, 0.25) is 0 Å². The van der Waals surface area contributed by atoms with Gasteiger partial charge in [-0.25, -0.2) is 0 Å². The third kappa shape index (κ3) is 2.28. The molecule has 0 radical (unpaired) electrons. The minimum absolute atomic E-state index is 0. The predicted octanol–water partition coefficient (Wildman–Crippen LogP) is 3.85. The molecule has 8 aliphatic rings. The summed E-state index contributed by atoms with van der Waals surface area (Å²) >= 11 is 0. The van der Waals surface area contributed by atoms with Crippen LogP contribution in [0, 0.1) is 47.3 Å². The Kier molecular flexibility index (Phi) is 3.38. The summed E-state index contributed by atoms with van der Waals surface area (Å²) in [5.41, 5.74) is 0. The maximum atomic E-state index is 9.83. The summed E-state index contributed by atoms with van der Waals surface area (Å²) in [7, 11) is 0. The van der Waals surface area contributed by atoms with Crippen LogP contribution in [-0.2, 0) is 0 Å². The first-order chi connectivity index (χ1) is 10.7. The molecule has 0 atom stereocenters. The van der Waals surface area contributed by atoms with E-state index in [4.69, 9.17) is 0 Å². The third-order valence-electron chi connectivity index (χ3n) is 8.35. The molecule has 0 unspecified atom stereocenters. The molecule has 2 N–H and O–H groups in total. The molecule has 0 aromatic carbocycles. The normalized spacial score (nSPS) is 60.3. The second-order valence-corrected chi connectivity index (χ2v) is 9.84. The van der Waals surface area contributed by atoms with E-state index in [0.29, 0.717) is 23.7 Å². The lowest BCUT2D eigenvalue weighted by Crippen LogP contribution is -2.48. The van der Waals surface area contributed by atoms with Crippen molar-refractivity contribution in [2.45, 2.75) is 76.4 Å². The topological polar surface area (TPSA) is 40.5 Å². The Bertz CT molecular complexity index is 341. The highest BCUT2D eigenvalue weighted by molar-refractivity contribution is 4.99. The Morgan fingerprint density at radius 3 is 0.864 bits per heavy atom. The molecule has 22 heavy (non-hydrogen) atoms. The molecule has 8 fully saturated rings. The SMILES string of the molecule is OC1C2CC3CC(C2)CC1C3.OC1C2CC3CC(C2)CC1C3.[HH]. The molecule has 2 heteroatoms. The van der Waals surface area contributed by atoms with Gasteiger partial charge in [-0.15, -0.1) is 0 Å². The van der Waals surface area contributed by atoms with Gasteiger partial charge in [0, 0.05) is 1.43 Å². The lowest BCUT2D eigenvalue weighted by Gasteiger charge is -2.52. The van der Waals surface area contributed by atoms with Crippen molar-refractivity contribution in [2.75, 3.05) is 0 Å². The number of aliphatic hydroxyl groups is 2. The van der Waals surface area contributed by atoms with Crippen LogP contribution in [0.15, 0.2) is 0 Å². The summed E-state index contributed by atoms with van der Waals surface area (Å²) in [5.74, 6) is 6.80. The second kappa shape index (κ2) is 5.21. The highest BCUT2D eigenvalue weighted by Crippen LogP contribution is 2.54. The van der Waals surface area contributed by atoms with Crippen molar-refractivity contribution in [3.05, 3.63) is 0 Å². The molecule has 0 aliphatic heterocycles. The molecule has 0 aromatic heterocycles. The fourth-order valence-electron chi connectivity index (χ4n) is 7.79. The Balaban J connectivity index is 0.000000113. The van der Waals surface area contributed by atoms with Crippen LogP contribution in [0.3, 0.4) is 0 Å². The summed E-state index contributed by atoms with van der Waals surface area (Å²) < 4.78 is 0. The molecule has 0 aromatic rings. The van der Waals surface area contributed by atoms with E-state index in [1.165, 1.54) is 64.2 Å². The molecule has 2 nitrogen and oxygen atoms in total. The van der Waals surface area contributed by atoms with Crippen LogP contribution in [0.1, 0.15) is 65.6 Å². The zero-order valence-electron chi connectivity index (χ0n) is 13.7. The Morgan fingerprint density at radius 1 is 0.409 bits per heavy atom. The van der Waals surface area contributed by atoms with Crippen LogP contribution >= 0.6 is 0 Å².